The summed E-state index contributed by atoms with van der Waals surface area (Å²) < 4.78 is 5.53. The van der Waals surface area contributed by atoms with Crippen LogP contribution in [0.2, 0.25) is 0 Å². The van der Waals surface area contributed by atoms with Crippen molar-refractivity contribution in [1.29, 1.82) is 0 Å². The zero-order valence-corrected chi connectivity index (χ0v) is 12.5. The highest BCUT2D eigenvalue weighted by Gasteiger charge is 2.36. The van der Waals surface area contributed by atoms with Gasteiger partial charge in [-0.15, -0.1) is 0 Å². The van der Waals surface area contributed by atoms with Gasteiger partial charge in [0.15, 0.2) is 0 Å². The fraction of sp³-hybridized carbons (Fsp3) is 0.933. The predicted molar refractivity (Wildman–Crippen MR) is 77.1 cm³/mol. The van der Waals surface area contributed by atoms with E-state index in [1.54, 1.807) is 0 Å². The third-order valence-corrected chi connectivity index (χ3v) is 4.81. The molecule has 20 heavy (non-hydrogen) atoms. The van der Waals surface area contributed by atoms with Crippen LogP contribution >= 0.6 is 0 Å². The van der Waals surface area contributed by atoms with Crippen LogP contribution in [0.5, 0.6) is 0 Å². The molecular weight excluding hydrogens is 256 g/mol. The monoisotopic (exact) mass is 284 g/mol. The average Bonchev–Trinajstić information content (AvgIpc) is 2.48. The highest BCUT2D eigenvalue weighted by Crippen LogP contribution is 2.30. The zero-order valence-electron chi connectivity index (χ0n) is 12.5. The van der Waals surface area contributed by atoms with Crippen LogP contribution in [0.25, 0.3) is 0 Å². The lowest BCUT2D eigenvalue weighted by Gasteiger charge is -2.38. The largest absolute Gasteiger partial charge is 0.394 e. The summed E-state index contributed by atoms with van der Waals surface area (Å²) >= 11 is 0. The summed E-state index contributed by atoms with van der Waals surface area (Å²) in [7, 11) is 0. The van der Waals surface area contributed by atoms with Crippen LogP contribution in [0.1, 0.15) is 39.0 Å². The van der Waals surface area contributed by atoms with Crippen LogP contribution in [0.4, 0.5) is 0 Å². The molecule has 5 nitrogen and oxygen atoms in total. The van der Waals surface area contributed by atoms with E-state index in [1.165, 1.54) is 0 Å². The molecule has 3 atom stereocenters. The molecule has 1 saturated heterocycles. The van der Waals surface area contributed by atoms with Crippen molar-refractivity contribution in [3.63, 3.8) is 0 Å². The molecule has 3 N–H and O–H groups in total. The van der Waals surface area contributed by atoms with Gasteiger partial charge in [-0.3, -0.25) is 4.79 Å². The average molecular weight is 284 g/mol. The number of nitrogens with zero attached hydrogens (tertiary/aromatic N) is 1. The summed E-state index contributed by atoms with van der Waals surface area (Å²) in [6.45, 7) is 4.12. The first-order chi connectivity index (χ1) is 9.63. The third-order valence-electron chi connectivity index (χ3n) is 4.81. The number of hydrogen-bond acceptors (Lipinski definition) is 4. The van der Waals surface area contributed by atoms with Gasteiger partial charge in [-0.2, -0.15) is 0 Å². The summed E-state index contributed by atoms with van der Waals surface area (Å²) in [6.07, 6.45) is 5.10. The number of amides is 1. The van der Waals surface area contributed by atoms with Gasteiger partial charge in [0.1, 0.15) is 0 Å². The van der Waals surface area contributed by atoms with E-state index >= 15 is 0 Å². The van der Waals surface area contributed by atoms with Crippen molar-refractivity contribution in [3.05, 3.63) is 0 Å². The molecule has 5 heteroatoms. The van der Waals surface area contributed by atoms with E-state index in [4.69, 9.17) is 15.6 Å². The van der Waals surface area contributed by atoms with Crippen LogP contribution in [0, 0.1) is 11.8 Å². The summed E-state index contributed by atoms with van der Waals surface area (Å²) in [4.78, 5) is 14.6. The van der Waals surface area contributed by atoms with Crippen molar-refractivity contribution >= 4 is 5.91 Å². The number of hydrogen-bond donors (Lipinski definition) is 2. The minimum Gasteiger partial charge on any atom is -0.394 e. The Morgan fingerprint density at radius 2 is 2.00 bits per heavy atom. The fourth-order valence-corrected chi connectivity index (χ4v) is 3.43. The highest BCUT2D eigenvalue weighted by molar-refractivity contribution is 5.79. The molecule has 116 valence electrons. The lowest BCUT2D eigenvalue weighted by Crippen LogP contribution is -2.51. The molecule has 2 fully saturated rings. The second-order valence-corrected chi connectivity index (χ2v) is 6.21. The number of likely N-dealkylation sites (tertiary alicyclic amines) is 1. The Hall–Kier alpha value is -0.650. The smallest absolute Gasteiger partial charge is 0.227 e. The normalized spacial score (nSPS) is 32.4. The number of piperidine rings is 1. The molecule has 0 aromatic heterocycles. The maximum absolute atomic E-state index is 12.6. The standard InChI is InChI=1S/C15H28N2O3/c1-11-3-2-4-13(14(11)16)15(19)17-7-5-12(6-8-17)20-10-9-18/h11-14,18H,2-10,16H2,1H3. The molecule has 3 unspecified atom stereocenters. The Labute approximate surface area is 121 Å². The number of nitrogens with two attached hydrogens (primary N) is 1. The molecule has 1 heterocycles. The SMILES string of the molecule is CC1CCCC(C(=O)N2CCC(OCCO)CC2)C1N. The van der Waals surface area contributed by atoms with Gasteiger partial charge in [0, 0.05) is 19.1 Å². The maximum Gasteiger partial charge on any atom is 0.227 e. The number of carbonyl (C=O) groups is 1. The number of rotatable bonds is 4. The quantitative estimate of drug-likeness (QED) is 0.799. The molecule has 0 aromatic rings. The van der Waals surface area contributed by atoms with Crippen molar-refractivity contribution < 1.29 is 14.6 Å². The van der Waals surface area contributed by atoms with Gasteiger partial charge >= 0.3 is 0 Å². The maximum atomic E-state index is 12.6. The van der Waals surface area contributed by atoms with Crippen LogP contribution in [-0.4, -0.2) is 54.4 Å². The Balaban J connectivity index is 1.82. The molecule has 0 bridgehead atoms. The molecular formula is C15H28N2O3. The molecule has 0 aromatic carbocycles. The lowest BCUT2D eigenvalue weighted by atomic mass is 9.77. The van der Waals surface area contributed by atoms with Gasteiger partial charge in [-0.05, 0) is 31.6 Å². The van der Waals surface area contributed by atoms with Gasteiger partial charge in [-0.25, -0.2) is 0 Å². The molecule has 1 aliphatic heterocycles. The Bertz CT molecular complexity index is 316. The third kappa shape index (κ3) is 3.71. The van der Waals surface area contributed by atoms with Gasteiger partial charge in [0.25, 0.3) is 0 Å². The summed E-state index contributed by atoms with van der Waals surface area (Å²) in [5, 5.41) is 8.76. The van der Waals surface area contributed by atoms with Crippen molar-refractivity contribution in [2.45, 2.75) is 51.2 Å². The van der Waals surface area contributed by atoms with Crippen LogP contribution in [0.3, 0.4) is 0 Å². The molecule has 2 rings (SSSR count). The number of carbonyl (C=O) groups excluding carboxylic acids is 1. The van der Waals surface area contributed by atoms with Gasteiger partial charge in [-0.1, -0.05) is 13.3 Å². The van der Waals surface area contributed by atoms with E-state index in [9.17, 15) is 4.79 Å². The minimum absolute atomic E-state index is 0.00802. The van der Waals surface area contributed by atoms with Gasteiger partial charge < -0.3 is 20.5 Å². The molecule has 0 spiro atoms. The molecule has 1 saturated carbocycles. The van der Waals surface area contributed by atoms with Gasteiger partial charge in [0.05, 0.1) is 25.2 Å². The Kier molecular flexibility index (Phi) is 5.81. The van der Waals surface area contributed by atoms with E-state index in [2.05, 4.69) is 6.92 Å². The number of aliphatic hydroxyl groups excluding tert-OH is 1. The van der Waals surface area contributed by atoms with E-state index in [1.807, 2.05) is 4.90 Å². The Morgan fingerprint density at radius 3 is 2.65 bits per heavy atom. The summed E-state index contributed by atoms with van der Waals surface area (Å²) in [5.74, 6) is 0.696. The van der Waals surface area contributed by atoms with Crippen molar-refractivity contribution in [1.82, 2.24) is 4.90 Å². The number of ether oxygens (including phenoxy) is 1. The topological polar surface area (TPSA) is 75.8 Å². The molecule has 1 aliphatic carbocycles. The second-order valence-electron chi connectivity index (χ2n) is 6.21. The van der Waals surface area contributed by atoms with Crippen molar-refractivity contribution in [3.8, 4) is 0 Å². The first-order valence-corrected chi connectivity index (χ1v) is 7.90. The molecule has 1 amide bonds. The predicted octanol–water partition coefficient (Wildman–Crippen LogP) is 0.750. The zero-order chi connectivity index (χ0) is 14.5. The van der Waals surface area contributed by atoms with Crippen LogP contribution in [-0.2, 0) is 9.53 Å². The van der Waals surface area contributed by atoms with E-state index in [-0.39, 0.29) is 30.6 Å². The van der Waals surface area contributed by atoms with E-state index in [0.717, 1.165) is 45.2 Å². The van der Waals surface area contributed by atoms with Crippen molar-refractivity contribution in [2.75, 3.05) is 26.3 Å². The Morgan fingerprint density at radius 1 is 1.30 bits per heavy atom. The first kappa shape index (κ1) is 15.7. The second kappa shape index (κ2) is 7.38. The minimum atomic E-state index is 0.00802. The summed E-state index contributed by atoms with van der Waals surface area (Å²) in [5.41, 5.74) is 6.22. The van der Waals surface area contributed by atoms with Crippen LogP contribution in [0.15, 0.2) is 0 Å². The van der Waals surface area contributed by atoms with Crippen LogP contribution < -0.4 is 5.73 Å². The lowest BCUT2D eigenvalue weighted by molar-refractivity contribution is -0.140. The van der Waals surface area contributed by atoms with Gasteiger partial charge in [0.2, 0.25) is 5.91 Å². The number of aliphatic hydroxyl groups is 1. The van der Waals surface area contributed by atoms with E-state index in [0.29, 0.717) is 12.5 Å². The molecule has 2 aliphatic rings. The van der Waals surface area contributed by atoms with E-state index < -0.39 is 0 Å². The molecule has 0 radical (unpaired) electrons. The highest BCUT2D eigenvalue weighted by atomic mass is 16.5. The first-order valence-electron chi connectivity index (χ1n) is 7.90. The van der Waals surface area contributed by atoms with Crippen molar-refractivity contribution in [2.24, 2.45) is 17.6 Å². The fourth-order valence-electron chi connectivity index (χ4n) is 3.43. The summed E-state index contributed by atoms with van der Waals surface area (Å²) in [6, 6.07) is 0.0135.